The van der Waals surface area contributed by atoms with Crippen LogP contribution in [-0.2, 0) is 0 Å². The van der Waals surface area contributed by atoms with E-state index in [2.05, 4.69) is 36.6 Å². The van der Waals surface area contributed by atoms with Gasteiger partial charge in [-0.25, -0.2) is 0 Å². The lowest BCUT2D eigenvalue weighted by atomic mass is 10.3. The summed E-state index contributed by atoms with van der Waals surface area (Å²) in [6.45, 7) is 0. The Bertz CT molecular complexity index is 712. The largest absolute Gasteiger partial charge is 0.436 e. The Kier molecular flexibility index (Phi) is 2.56. The molecule has 8 heteroatoms. The first-order valence-corrected chi connectivity index (χ1v) is 5.80. The lowest BCUT2D eigenvalue weighted by Crippen LogP contribution is -1.98. The van der Waals surface area contributed by atoms with Crippen LogP contribution in [0.15, 0.2) is 34.8 Å². The van der Waals surface area contributed by atoms with Gasteiger partial charge in [0.15, 0.2) is 5.65 Å². The minimum atomic E-state index is 0.376. The van der Waals surface area contributed by atoms with Crippen molar-refractivity contribution in [1.82, 2.24) is 25.3 Å². The summed E-state index contributed by atoms with van der Waals surface area (Å²) in [5.74, 6) is 0.955. The molecule has 2 aromatic heterocycles. The second-order valence-electron chi connectivity index (χ2n) is 3.46. The monoisotopic (exact) mass is 306 g/mol. The number of anilines is 1. The molecule has 0 radical (unpaired) electrons. The molecule has 1 aromatic carbocycles. The predicted octanol–water partition coefficient (Wildman–Crippen LogP) is 1.66. The standard InChI is InChI=1S/C10H7BrN6O/c11-10-6(12)2-1-3-7(10)18-9-5-4-8-13-15-16-17(8)14-9/h1-5H,12H2. The summed E-state index contributed by atoms with van der Waals surface area (Å²) >= 11 is 3.36. The van der Waals surface area contributed by atoms with E-state index in [4.69, 9.17) is 10.5 Å². The second-order valence-corrected chi connectivity index (χ2v) is 4.25. The molecule has 7 nitrogen and oxygen atoms in total. The molecule has 3 aromatic rings. The first-order chi connectivity index (χ1) is 8.74. The van der Waals surface area contributed by atoms with Crippen LogP contribution in [0, 0.1) is 0 Å². The molecule has 0 spiro atoms. The van der Waals surface area contributed by atoms with E-state index >= 15 is 0 Å². The number of tetrazole rings is 1. The minimum Gasteiger partial charge on any atom is -0.436 e. The van der Waals surface area contributed by atoms with Gasteiger partial charge in [-0.2, -0.15) is 0 Å². The van der Waals surface area contributed by atoms with Crippen LogP contribution in [-0.4, -0.2) is 25.3 Å². The van der Waals surface area contributed by atoms with Gasteiger partial charge in [0.2, 0.25) is 5.88 Å². The minimum absolute atomic E-state index is 0.376. The van der Waals surface area contributed by atoms with Crippen LogP contribution in [0.4, 0.5) is 5.69 Å². The number of rotatable bonds is 2. The number of hydrogen-bond donors (Lipinski definition) is 1. The Morgan fingerprint density at radius 2 is 2.11 bits per heavy atom. The lowest BCUT2D eigenvalue weighted by molar-refractivity contribution is 0.445. The Labute approximate surface area is 110 Å². The predicted molar refractivity (Wildman–Crippen MR) is 67.2 cm³/mol. The molecule has 0 aliphatic heterocycles. The van der Waals surface area contributed by atoms with Crippen molar-refractivity contribution in [3.63, 3.8) is 0 Å². The number of aromatic nitrogens is 5. The summed E-state index contributed by atoms with van der Waals surface area (Å²) in [5.41, 5.74) is 6.91. The highest BCUT2D eigenvalue weighted by atomic mass is 79.9. The van der Waals surface area contributed by atoms with Gasteiger partial charge in [-0.05, 0) is 44.6 Å². The van der Waals surface area contributed by atoms with E-state index in [0.717, 1.165) is 0 Å². The Hall–Kier alpha value is -2.22. The van der Waals surface area contributed by atoms with Crippen LogP contribution >= 0.6 is 15.9 Å². The van der Waals surface area contributed by atoms with Gasteiger partial charge in [0.25, 0.3) is 0 Å². The van der Waals surface area contributed by atoms with E-state index in [9.17, 15) is 0 Å². The van der Waals surface area contributed by atoms with Crippen molar-refractivity contribution < 1.29 is 4.74 Å². The van der Waals surface area contributed by atoms with Crippen molar-refractivity contribution in [3.8, 4) is 11.6 Å². The summed E-state index contributed by atoms with van der Waals surface area (Å²) in [7, 11) is 0. The zero-order valence-electron chi connectivity index (χ0n) is 8.99. The smallest absolute Gasteiger partial charge is 0.239 e. The molecule has 0 fully saturated rings. The number of fused-ring (bicyclic) bond motifs is 1. The maximum Gasteiger partial charge on any atom is 0.239 e. The topological polar surface area (TPSA) is 91.2 Å². The molecule has 2 N–H and O–H groups in total. The summed E-state index contributed by atoms with van der Waals surface area (Å²) in [6.07, 6.45) is 0. The van der Waals surface area contributed by atoms with Crippen LogP contribution in [0.25, 0.3) is 5.65 Å². The molecule has 2 heterocycles. The van der Waals surface area contributed by atoms with Gasteiger partial charge in [0.05, 0.1) is 4.47 Å². The second kappa shape index (κ2) is 4.22. The van der Waals surface area contributed by atoms with Crippen molar-refractivity contribution in [2.45, 2.75) is 0 Å². The molecule has 0 unspecified atom stereocenters. The highest BCUT2D eigenvalue weighted by molar-refractivity contribution is 9.10. The number of hydrogen-bond acceptors (Lipinski definition) is 6. The van der Waals surface area contributed by atoms with Gasteiger partial charge in [-0.1, -0.05) is 6.07 Å². The highest BCUT2D eigenvalue weighted by Gasteiger charge is 2.07. The molecule has 0 saturated carbocycles. The van der Waals surface area contributed by atoms with Gasteiger partial charge in [-0.3, -0.25) is 0 Å². The maximum atomic E-state index is 5.76. The number of nitrogen functional groups attached to an aromatic ring is 1. The molecule has 0 amide bonds. The van der Waals surface area contributed by atoms with Crippen LogP contribution in [0.2, 0.25) is 0 Å². The number of nitrogens with zero attached hydrogens (tertiary/aromatic N) is 5. The molecular weight excluding hydrogens is 300 g/mol. The maximum absolute atomic E-state index is 5.76. The molecule has 90 valence electrons. The fraction of sp³-hybridized carbons (Fsp3) is 0. The first kappa shape index (κ1) is 10.9. The summed E-state index contributed by atoms with van der Waals surface area (Å²) in [6, 6.07) is 8.75. The number of benzene rings is 1. The van der Waals surface area contributed by atoms with Crippen molar-refractivity contribution >= 4 is 27.3 Å². The Morgan fingerprint density at radius 3 is 3.00 bits per heavy atom. The van der Waals surface area contributed by atoms with E-state index < -0.39 is 0 Å². The molecule has 3 rings (SSSR count). The van der Waals surface area contributed by atoms with E-state index in [1.54, 1.807) is 30.3 Å². The van der Waals surface area contributed by atoms with Crippen molar-refractivity contribution in [2.24, 2.45) is 0 Å². The zero-order valence-corrected chi connectivity index (χ0v) is 10.6. The SMILES string of the molecule is Nc1cccc(Oc2ccc3nnnn3n2)c1Br. The van der Waals surface area contributed by atoms with Crippen LogP contribution < -0.4 is 10.5 Å². The average Bonchev–Trinajstić information content (AvgIpc) is 2.82. The highest BCUT2D eigenvalue weighted by Crippen LogP contribution is 2.32. The number of nitrogens with two attached hydrogens (primary N) is 1. The van der Waals surface area contributed by atoms with Gasteiger partial charge < -0.3 is 10.5 Å². The average molecular weight is 307 g/mol. The third-order valence-electron chi connectivity index (χ3n) is 2.25. The molecule has 0 saturated heterocycles. The number of ether oxygens (including phenoxy) is 1. The molecule has 0 atom stereocenters. The van der Waals surface area contributed by atoms with Crippen molar-refractivity contribution in [3.05, 3.63) is 34.8 Å². The normalized spacial score (nSPS) is 10.7. The van der Waals surface area contributed by atoms with Gasteiger partial charge in [0.1, 0.15) is 5.75 Å². The van der Waals surface area contributed by atoms with Crippen molar-refractivity contribution in [1.29, 1.82) is 0 Å². The van der Waals surface area contributed by atoms with Crippen molar-refractivity contribution in [2.75, 3.05) is 5.73 Å². The van der Waals surface area contributed by atoms with Gasteiger partial charge >= 0.3 is 0 Å². The third kappa shape index (κ3) is 1.86. The molecular formula is C10H7BrN6O. The van der Waals surface area contributed by atoms with Crippen LogP contribution in [0.5, 0.6) is 11.6 Å². The quantitative estimate of drug-likeness (QED) is 0.724. The zero-order chi connectivity index (χ0) is 12.5. The fourth-order valence-corrected chi connectivity index (χ4v) is 1.75. The fourth-order valence-electron chi connectivity index (χ4n) is 1.41. The van der Waals surface area contributed by atoms with E-state index in [0.29, 0.717) is 27.4 Å². The van der Waals surface area contributed by atoms with E-state index in [1.807, 2.05) is 0 Å². The third-order valence-corrected chi connectivity index (χ3v) is 3.10. The molecule has 0 aliphatic rings. The van der Waals surface area contributed by atoms with E-state index in [-0.39, 0.29) is 0 Å². The van der Waals surface area contributed by atoms with Gasteiger partial charge in [-0.15, -0.1) is 14.8 Å². The Balaban J connectivity index is 1.98. The molecule has 18 heavy (non-hydrogen) atoms. The molecule has 0 aliphatic carbocycles. The van der Waals surface area contributed by atoms with E-state index in [1.165, 1.54) is 4.63 Å². The Morgan fingerprint density at radius 1 is 1.22 bits per heavy atom. The van der Waals surface area contributed by atoms with Crippen LogP contribution in [0.3, 0.4) is 0 Å². The number of halogens is 1. The van der Waals surface area contributed by atoms with Crippen LogP contribution in [0.1, 0.15) is 0 Å². The first-order valence-electron chi connectivity index (χ1n) is 5.01. The summed E-state index contributed by atoms with van der Waals surface area (Å²) in [5, 5.41) is 15.0. The summed E-state index contributed by atoms with van der Waals surface area (Å²) in [4.78, 5) is 0. The lowest BCUT2D eigenvalue weighted by Gasteiger charge is -2.07. The summed E-state index contributed by atoms with van der Waals surface area (Å²) < 4.78 is 7.58. The van der Waals surface area contributed by atoms with Gasteiger partial charge in [0, 0.05) is 11.8 Å². The molecule has 0 bridgehead atoms.